The average Bonchev–Trinajstić information content (AvgIpc) is 3.33. The van der Waals surface area contributed by atoms with E-state index in [1.807, 2.05) is 12.1 Å². The number of carboxylic acid groups (broad SMARTS) is 1. The molecule has 12 heteroatoms. The number of hydrogen-bond acceptors (Lipinski definition) is 9. The second kappa shape index (κ2) is 13.4. The summed E-state index contributed by atoms with van der Waals surface area (Å²) in [7, 11) is 3.00. The lowest BCUT2D eigenvalue weighted by Gasteiger charge is -2.25. The first kappa shape index (κ1) is 31.6. The predicted molar refractivity (Wildman–Crippen MR) is 169 cm³/mol. The van der Waals surface area contributed by atoms with Crippen molar-refractivity contribution < 1.29 is 33.6 Å². The van der Waals surface area contributed by atoms with Gasteiger partial charge in [0.25, 0.3) is 5.56 Å². The fourth-order valence-corrected chi connectivity index (χ4v) is 6.36. The third-order valence-electron chi connectivity index (χ3n) is 7.06. The van der Waals surface area contributed by atoms with Crippen molar-refractivity contribution in [1.29, 1.82) is 0 Å². The van der Waals surface area contributed by atoms with Crippen molar-refractivity contribution in [2.75, 3.05) is 20.8 Å². The Bertz CT molecular complexity index is 2010. The van der Waals surface area contributed by atoms with Gasteiger partial charge in [0.15, 0.2) is 16.3 Å². The van der Waals surface area contributed by atoms with Gasteiger partial charge in [-0.1, -0.05) is 53.3 Å². The van der Waals surface area contributed by atoms with Crippen molar-refractivity contribution in [2.45, 2.75) is 26.5 Å². The summed E-state index contributed by atoms with van der Waals surface area (Å²) in [6.07, 6.45) is 1.67. The second-order valence-corrected chi connectivity index (χ2v) is 11.3. The van der Waals surface area contributed by atoms with Crippen LogP contribution in [0.2, 0.25) is 5.02 Å². The van der Waals surface area contributed by atoms with E-state index < -0.39 is 18.0 Å². The Morgan fingerprint density at radius 3 is 2.53 bits per heavy atom. The third-order valence-corrected chi connectivity index (χ3v) is 8.32. The van der Waals surface area contributed by atoms with Gasteiger partial charge in [0.2, 0.25) is 0 Å². The van der Waals surface area contributed by atoms with Crippen molar-refractivity contribution in [3.8, 4) is 17.2 Å². The minimum absolute atomic E-state index is 0.0558. The number of halogens is 1. The van der Waals surface area contributed by atoms with E-state index in [4.69, 9.17) is 30.5 Å². The van der Waals surface area contributed by atoms with Crippen LogP contribution in [-0.2, 0) is 16.1 Å². The Morgan fingerprint density at radius 1 is 1.07 bits per heavy atom. The summed E-state index contributed by atoms with van der Waals surface area (Å²) in [6.45, 7) is 3.65. The molecule has 0 fully saturated rings. The molecular formula is C33H29ClN2O8S. The Morgan fingerprint density at radius 2 is 1.82 bits per heavy atom. The maximum absolute atomic E-state index is 14.0. The van der Waals surface area contributed by atoms with Gasteiger partial charge in [0.05, 0.1) is 47.2 Å². The minimum atomic E-state index is -1.04. The third kappa shape index (κ3) is 6.36. The molecule has 10 nitrogen and oxygen atoms in total. The SMILES string of the molecule is CCOC(=O)C1=C(C)N=c2s/c(=C/c3cc(Cl)c(OCc4cccc(C(=O)O)c4)c(OC)c3)c(=O)n2[C@@H]1c1ccccc1OC. The van der Waals surface area contributed by atoms with Crippen LogP contribution < -0.4 is 29.1 Å². The van der Waals surface area contributed by atoms with Crippen LogP contribution in [0.3, 0.4) is 0 Å². The zero-order valence-corrected chi connectivity index (χ0v) is 26.4. The highest BCUT2D eigenvalue weighted by Crippen LogP contribution is 2.38. The van der Waals surface area contributed by atoms with E-state index in [0.717, 1.165) is 0 Å². The number of carboxylic acids is 1. The smallest absolute Gasteiger partial charge is 0.338 e. The van der Waals surface area contributed by atoms with E-state index in [1.165, 1.54) is 42.3 Å². The van der Waals surface area contributed by atoms with Gasteiger partial charge in [-0.15, -0.1) is 0 Å². The van der Waals surface area contributed by atoms with Crippen molar-refractivity contribution >= 4 is 41.0 Å². The predicted octanol–water partition coefficient (Wildman–Crippen LogP) is 4.75. The fourth-order valence-electron chi connectivity index (χ4n) is 5.04. The molecule has 0 spiro atoms. The van der Waals surface area contributed by atoms with E-state index in [-0.39, 0.29) is 40.7 Å². The first-order valence-electron chi connectivity index (χ1n) is 13.8. The van der Waals surface area contributed by atoms with Crippen LogP contribution in [0.4, 0.5) is 0 Å². The average molecular weight is 649 g/mol. The Labute approximate surface area is 267 Å². The summed E-state index contributed by atoms with van der Waals surface area (Å²) in [4.78, 5) is 43.5. The molecule has 3 aromatic carbocycles. The number of aromatic nitrogens is 1. The summed E-state index contributed by atoms with van der Waals surface area (Å²) in [6, 6.07) is 16.1. The number of fused-ring (bicyclic) bond motifs is 1. The van der Waals surface area contributed by atoms with Crippen LogP contribution in [0, 0.1) is 0 Å². The fraction of sp³-hybridized carbons (Fsp3) is 0.212. The molecule has 0 saturated carbocycles. The van der Waals surface area contributed by atoms with Crippen LogP contribution in [-0.4, -0.2) is 42.4 Å². The number of carbonyl (C=O) groups excluding carboxylic acids is 1. The lowest BCUT2D eigenvalue weighted by Crippen LogP contribution is -2.40. The van der Waals surface area contributed by atoms with E-state index in [2.05, 4.69) is 4.99 Å². The molecule has 1 aliphatic heterocycles. The van der Waals surface area contributed by atoms with Gasteiger partial charge in [0.1, 0.15) is 18.4 Å². The highest BCUT2D eigenvalue weighted by molar-refractivity contribution is 7.07. The standard InChI is InChI=1S/C33H29ClN2O8S/c1-5-43-32(40)27-18(2)35-33-36(28(27)22-11-6-7-12-24(22)41-3)30(37)26(45-33)16-20-14-23(34)29(25(15-20)42-4)44-17-19-9-8-10-21(13-19)31(38)39/h6-16,28H,5,17H2,1-4H3,(H,38,39)/b26-16+/t28-/m1/s1. The molecule has 1 N–H and O–H groups in total. The van der Waals surface area contributed by atoms with Gasteiger partial charge in [-0.2, -0.15) is 0 Å². The number of benzene rings is 3. The van der Waals surface area contributed by atoms with Crippen molar-refractivity contribution in [3.05, 3.63) is 119 Å². The summed E-state index contributed by atoms with van der Waals surface area (Å²) < 4.78 is 24.3. The maximum Gasteiger partial charge on any atom is 0.338 e. The van der Waals surface area contributed by atoms with Crippen molar-refractivity contribution in [1.82, 2.24) is 4.57 Å². The van der Waals surface area contributed by atoms with Gasteiger partial charge in [0, 0.05) is 5.56 Å². The summed E-state index contributed by atoms with van der Waals surface area (Å²) in [5.41, 5.74) is 2.29. The zero-order chi connectivity index (χ0) is 32.2. The molecule has 1 aliphatic rings. The summed E-state index contributed by atoms with van der Waals surface area (Å²) in [5.74, 6) is -0.502. The highest BCUT2D eigenvalue weighted by Gasteiger charge is 2.35. The normalized spacial score (nSPS) is 14.4. The number of nitrogens with zero attached hydrogens (tertiary/aromatic N) is 2. The lowest BCUT2D eigenvalue weighted by molar-refractivity contribution is -0.139. The quantitative estimate of drug-likeness (QED) is 0.244. The molecule has 45 heavy (non-hydrogen) atoms. The van der Waals surface area contributed by atoms with E-state index >= 15 is 0 Å². The lowest BCUT2D eigenvalue weighted by atomic mass is 9.95. The van der Waals surface area contributed by atoms with Gasteiger partial charge in [-0.25, -0.2) is 14.6 Å². The molecule has 0 unspecified atom stereocenters. The molecule has 0 aliphatic carbocycles. The number of esters is 1. The minimum Gasteiger partial charge on any atom is -0.496 e. The second-order valence-electron chi connectivity index (χ2n) is 9.87. The summed E-state index contributed by atoms with van der Waals surface area (Å²) >= 11 is 7.79. The van der Waals surface area contributed by atoms with Crippen LogP contribution in [0.1, 0.15) is 46.9 Å². The van der Waals surface area contributed by atoms with Gasteiger partial charge in [-0.3, -0.25) is 9.36 Å². The monoisotopic (exact) mass is 648 g/mol. The number of hydrogen-bond donors (Lipinski definition) is 1. The molecule has 1 aromatic heterocycles. The van der Waals surface area contributed by atoms with Gasteiger partial charge < -0.3 is 24.1 Å². The molecule has 232 valence electrons. The van der Waals surface area contributed by atoms with E-state index in [0.29, 0.717) is 43.2 Å². The highest BCUT2D eigenvalue weighted by atomic mass is 35.5. The molecule has 0 amide bonds. The molecule has 0 saturated heterocycles. The number of ether oxygens (including phenoxy) is 4. The Balaban J connectivity index is 1.57. The maximum atomic E-state index is 14.0. The van der Waals surface area contributed by atoms with Crippen LogP contribution in [0.15, 0.2) is 81.7 Å². The number of rotatable bonds is 10. The van der Waals surface area contributed by atoms with Gasteiger partial charge >= 0.3 is 11.9 Å². The molecule has 0 radical (unpaired) electrons. The van der Waals surface area contributed by atoms with Gasteiger partial charge in [-0.05, 0) is 61.4 Å². The number of para-hydroxylation sites is 1. The Kier molecular flexibility index (Phi) is 9.40. The number of methoxy groups -OCH3 is 2. The van der Waals surface area contributed by atoms with Crippen LogP contribution in [0.5, 0.6) is 17.2 Å². The largest absolute Gasteiger partial charge is 0.496 e. The molecule has 4 aromatic rings. The van der Waals surface area contributed by atoms with Crippen molar-refractivity contribution in [3.63, 3.8) is 0 Å². The zero-order valence-electron chi connectivity index (χ0n) is 24.8. The first-order valence-corrected chi connectivity index (χ1v) is 15.0. The van der Waals surface area contributed by atoms with E-state index in [9.17, 15) is 19.5 Å². The van der Waals surface area contributed by atoms with Crippen LogP contribution >= 0.6 is 22.9 Å². The number of aromatic carboxylic acids is 1. The molecule has 1 atom stereocenters. The van der Waals surface area contributed by atoms with Crippen LogP contribution in [0.25, 0.3) is 6.08 Å². The number of allylic oxidation sites excluding steroid dienone is 1. The Hall–Kier alpha value is -4.87. The van der Waals surface area contributed by atoms with E-state index in [1.54, 1.807) is 56.3 Å². The first-order chi connectivity index (χ1) is 21.7. The molecular weight excluding hydrogens is 620 g/mol. The number of thiazole rings is 1. The molecule has 2 heterocycles. The topological polar surface area (TPSA) is 126 Å². The number of carbonyl (C=O) groups is 2. The molecule has 0 bridgehead atoms. The molecule has 5 rings (SSSR count). The summed E-state index contributed by atoms with van der Waals surface area (Å²) in [5, 5.41) is 9.50. The van der Waals surface area contributed by atoms with Crippen molar-refractivity contribution in [2.24, 2.45) is 4.99 Å².